The summed E-state index contributed by atoms with van der Waals surface area (Å²) in [6.45, 7) is 3.77. The van der Waals surface area contributed by atoms with Crippen LogP contribution < -0.4 is 5.32 Å². The lowest BCUT2D eigenvalue weighted by Gasteiger charge is -2.24. The minimum absolute atomic E-state index is 0.652. The zero-order valence-electron chi connectivity index (χ0n) is 9.98. The highest BCUT2D eigenvalue weighted by Crippen LogP contribution is 2.29. The first-order valence-corrected chi connectivity index (χ1v) is 6.42. The Balaban J connectivity index is 1.92. The Bertz CT molecular complexity index is 422. The van der Waals surface area contributed by atoms with E-state index in [1.165, 1.54) is 24.0 Å². The van der Waals surface area contributed by atoms with E-state index in [0.717, 1.165) is 32.1 Å². The quantitative estimate of drug-likeness (QED) is 0.842. The second kappa shape index (κ2) is 4.88. The maximum absolute atomic E-state index is 5.60. The fourth-order valence-corrected chi connectivity index (χ4v) is 2.68. The van der Waals surface area contributed by atoms with Crippen LogP contribution in [-0.4, -0.2) is 32.1 Å². The van der Waals surface area contributed by atoms with Gasteiger partial charge in [-0.25, -0.2) is 4.99 Å². The van der Waals surface area contributed by atoms with Gasteiger partial charge in [0.2, 0.25) is 5.90 Å². The Morgan fingerprint density at radius 1 is 1.18 bits per heavy atom. The van der Waals surface area contributed by atoms with E-state index in [2.05, 4.69) is 34.6 Å². The molecule has 3 nitrogen and oxygen atoms in total. The maximum atomic E-state index is 5.60. The lowest BCUT2D eigenvalue weighted by atomic mass is 9.87. The monoisotopic (exact) mass is 230 g/mol. The predicted octanol–water partition coefficient (Wildman–Crippen LogP) is 1.93. The third-order valence-corrected chi connectivity index (χ3v) is 3.56. The van der Waals surface area contributed by atoms with Gasteiger partial charge in [0.15, 0.2) is 0 Å². The number of piperidine rings is 1. The second-order valence-corrected chi connectivity index (χ2v) is 4.65. The number of ether oxygens (including phenoxy) is 1. The zero-order valence-corrected chi connectivity index (χ0v) is 9.98. The molecule has 1 saturated heterocycles. The second-order valence-electron chi connectivity index (χ2n) is 4.65. The molecule has 0 amide bonds. The van der Waals surface area contributed by atoms with Gasteiger partial charge in [0.1, 0.15) is 6.61 Å². The van der Waals surface area contributed by atoms with Crippen molar-refractivity contribution in [3.8, 4) is 0 Å². The van der Waals surface area contributed by atoms with Crippen molar-refractivity contribution in [3.63, 3.8) is 0 Å². The van der Waals surface area contributed by atoms with Gasteiger partial charge in [0.25, 0.3) is 0 Å². The van der Waals surface area contributed by atoms with Crippen LogP contribution in [0.15, 0.2) is 29.3 Å². The van der Waals surface area contributed by atoms with Crippen molar-refractivity contribution in [2.75, 3.05) is 26.2 Å². The van der Waals surface area contributed by atoms with Gasteiger partial charge in [-0.05, 0) is 43.5 Å². The summed E-state index contributed by atoms with van der Waals surface area (Å²) in [5.41, 5.74) is 2.62. The molecule has 0 radical (unpaired) electrons. The molecule has 0 saturated carbocycles. The van der Waals surface area contributed by atoms with E-state index >= 15 is 0 Å². The Morgan fingerprint density at radius 2 is 2.00 bits per heavy atom. The molecule has 90 valence electrons. The Morgan fingerprint density at radius 3 is 2.76 bits per heavy atom. The standard InChI is InChI=1S/C14H18N2O/c1-2-4-13(14-16-9-10-17-14)12(3-1)11-5-7-15-8-6-11/h1-4,11,15H,5-10H2. The molecule has 3 heteroatoms. The van der Waals surface area contributed by atoms with Gasteiger partial charge in [0, 0.05) is 5.56 Å². The Labute approximate surface area is 102 Å². The number of nitrogens with one attached hydrogen (secondary N) is 1. The molecule has 0 unspecified atom stereocenters. The normalized spacial score (nSPS) is 21.1. The molecule has 2 heterocycles. The van der Waals surface area contributed by atoms with Gasteiger partial charge in [-0.15, -0.1) is 0 Å². The SMILES string of the molecule is c1ccc(C2CCNCC2)c(C2=NCCO2)c1. The molecule has 0 atom stereocenters. The molecule has 2 aliphatic rings. The molecule has 1 aromatic carbocycles. The summed E-state index contributed by atoms with van der Waals surface area (Å²) >= 11 is 0. The molecule has 1 aromatic rings. The number of aliphatic imine (C=N–C) groups is 1. The van der Waals surface area contributed by atoms with Gasteiger partial charge in [-0.2, -0.15) is 0 Å². The molecule has 17 heavy (non-hydrogen) atoms. The summed E-state index contributed by atoms with van der Waals surface area (Å²) in [5, 5.41) is 3.41. The fourth-order valence-electron chi connectivity index (χ4n) is 2.68. The fraction of sp³-hybridized carbons (Fsp3) is 0.500. The molecule has 0 bridgehead atoms. The topological polar surface area (TPSA) is 33.6 Å². The number of benzene rings is 1. The van der Waals surface area contributed by atoms with Crippen LogP contribution in [0.2, 0.25) is 0 Å². The van der Waals surface area contributed by atoms with Crippen molar-refractivity contribution in [1.29, 1.82) is 0 Å². The van der Waals surface area contributed by atoms with Crippen LogP contribution in [0.4, 0.5) is 0 Å². The Hall–Kier alpha value is -1.35. The lowest BCUT2D eigenvalue weighted by Crippen LogP contribution is -2.27. The van der Waals surface area contributed by atoms with Crippen LogP contribution in [-0.2, 0) is 4.74 Å². The van der Waals surface area contributed by atoms with E-state index in [9.17, 15) is 0 Å². The number of rotatable bonds is 2. The van der Waals surface area contributed by atoms with Gasteiger partial charge in [0.05, 0.1) is 6.54 Å². The van der Waals surface area contributed by atoms with Gasteiger partial charge in [-0.3, -0.25) is 0 Å². The third-order valence-electron chi connectivity index (χ3n) is 3.56. The van der Waals surface area contributed by atoms with Crippen molar-refractivity contribution < 1.29 is 4.74 Å². The highest BCUT2D eigenvalue weighted by molar-refractivity contribution is 5.96. The van der Waals surface area contributed by atoms with Crippen molar-refractivity contribution in [2.24, 2.45) is 4.99 Å². The Kier molecular flexibility index (Phi) is 3.10. The summed E-state index contributed by atoms with van der Waals surface area (Å²) < 4.78 is 5.60. The number of hydrogen-bond acceptors (Lipinski definition) is 3. The first-order chi connectivity index (χ1) is 8.45. The van der Waals surface area contributed by atoms with E-state index in [4.69, 9.17) is 4.74 Å². The molecule has 2 aliphatic heterocycles. The lowest BCUT2D eigenvalue weighted by molar-refractivity contribution is 0.347. The van der Waals surface area contributed by atoms with Crippen LogP contribution in [0, 0.1) is 0 Å². The van der Waals surface area contributed by atoms with E-state index < -0.39 is 0 Å². The average Bonchev–Trinajstić information content (AvgIpc) is 2.94. The molecular formula is C14H18N2O. The smallest absolute Gasteiger partial charge is 0.216 e. The zero-order chi connectivity index (χ0) is 11.5. The molecular weight excluding hydrogens is 212 g/mol. The first kappa shape index (κ1) is 10.8. The largest absolute Gasteiger partial charge is 0.476 e. The first-order valence-electron chi connectivity index (χ1n) is 6.42. The molecule has 0 aliphatic carbocycles. The van der Waals surface area contributed by atoms with Gasteiger partial charge < -0.3 is 10.1 Å². The summed E-state index contributed by atoms with van der Waals surface area (Å²) in [6.07, 6.45) is 2.43. The van der Waals surface area contributed by atoms with Crippen LogP contribution in [0.1, 0.15) is 29.9 Å². The van der Waals surface area contributed by atoms with E-state index in [1.54, 1.807) is 0 Å². The molecule has 0 spiro atoms. The summed E-state index contributed by atoms with van der Waals surface area (Å²) in [7, 11) is 0. The predicted molar refractivity (Wildman–Crippen MR) is 68.6 cm³/mol. The van der Waals surface area contributed by atoms with E-state index in [0.29, 0.717) is 5.92 Å². The van der Waals surface area contributed by atoms with E-state index in [1.807, 2.05) is 0 Å². The summed E-state index contributed by atoms with van der Waals surface area (Å²) in [6, 6.07) is 8.57. The van der Waals surface area contributed by atoms with Crippen LogP contribution in [0.3, 0.4) is 0 Å². The summed E-state index contributed by atoms with van der Waals surface area (Å²) in [5.74, 6) is 1.50. The van der Waals surface area contributed by atoms with Crippen molar-refractivity contribution in [1.82, 2.24) is 5.32 Å². The van der Waals surface area contributed by atoms with Crippen molar-refractivity contribution >= 4 is 5.90 Å². The number of nitrogens with zero attached hydrogens (tertiary/aromatic N) is 1. The highest BCUT2D eigenvalue weighted by Gasteiger charge is 2.21. The molecule has 1 N–H and O–H groups in total. The van der Waals surface area contributed by atoms with Crippen LogP contribution in [0.5, 0.6) is 0 Å². The van der Waals surface area contributed by atoms with Crippen molar-refractivity contribution in [2.45, 2.75) is 18.8 Å². The summed E-state index contributed by atoms with van der Waals surface area (Å²) in [4.78, 5) is 4.44. The molecule has 0 aromatic heterocycles. The van der Waals surface area contributed by atoms with Crippen LogP contribution >= 0.6 is 0 Å². The van der Waals surface area contributed by atoms with Crippen molar-refractivity contribution in [3.05, 3.63) is 35.4 Å². The average molecular weight is 230 g/mol. The number of hydrogen-bond donors (Lipinski definition) is 1. The maximum Gasteiger partial charge on any atom is 0.216 e. The van der Waals surface area contributed by atoms with E-state index in [-0.39, 0.29) is 0 Å². The highest BCUT2D eigenvalue weighted by atomic mass is 16.5. The minimum Gasteiger partial charge on any atom is -0.476 e. The molecule has 1 fully saturated rings. The van der Waals surface area contributed by atoms with Gasteiger partial charge >= 0.3 is 0 Å². The molecule has 3 rings (SSSR count). The van der Waals surface area contributed by atoms with Crippen LogP contribution in [0.25, 0.3) is 0 Å². The third kappa shape index (κ3) is 2.20. The van der Waals surface area contributed by atoms with Gasteiger partial charge in [-0.1, -0.05) is 18.2 Å². The minimum atomic E-state index is 0.652.